The van der Waals surface area contributed by atoms with Gasteiger partial charge in [-0.2, -0.15) is 0 Å². The number of hydrogen-bond donors (Lipinski definition) is 1. The lowest BCUT2D eigenvalue weighted by atomic mass is 10.0. The van der Waals surface area contributed by atoms with Crippen LogP contribution < -0.4 is 5.32 Å². The predicted molar refractivity (Wildman–Crippen MR) is 80.8 cm³/mol. The summed E-state index contributed by atoms with van der Waals surface area (Å²) in [6.07, 6.45) is 0. The van der Waals surface area contributed by atoms with E-state index in [1.165, 1.54) is 32.6 Å². The molecule has 0 radical (unpaired) electrons. The van der Waals surface area contributed by atoms with Crippen LogP contribution in [-0.2, 0) is 0 Å². The van der Waals surface area contributed by atoms with E-state index in [9.17, 15) is 0 Å². The number of allylic oxidation sites excluding steroid dienone is 2. The van der Waals surface area contributed by atoms with Crippen molar-refractivity contribution in [2.45, 2.75) is 45.7 Å². The summed E-state index contributed by atoms with van der Waals surface area (Å²) in [7, 11) is 1.21. The lowest BCUT2D eigenvalue weighted by Crippen LogP contribution is -2.26. The van der Waals surface area contributed by atoms with Crippen LogP contribution in [-0.4, -0.2) is 15.8 Å². The minimum atomic E-state index is 0.118. The first kappa shape index (κ1) is 12.4. The van der Waals surface area contributed by atoms with Crippen molar-refractivity contribution < 1.29 is 0 Å². The zero-order chi connectivity index (χ0) is 12.8. The molecular weight excluding hydrogens is 222 g/mol. The maximum atomic E-state index is 3.63. The zero-order valence-corrected chi connectivity index (χ0v) is 13.8. The summed E-state index contributed by atoms with van der Waals surface area (Å²) in [5.41, 5.74) is 8.15. The van der Waals surface area contributed by atoms with E-state index in [2.05, 4.69) is 58.1 Å². The Bertz CT molecular complexity index is 480. The van der Waals surface area contributed by atoms with E-state index in [0.717, 1.165) is 0 Å². The average Bonchev–Trinajstić information content (AvgIpc) is 2.43. The van der Waals surface area contributed by atoms with Crippen molar-refractivity contribution in [1.82, 2.24) is 0 Å². The first-order valence-electron chi connectivity index (χ1n) is 6.40. The molecule has 2 heteroatoms. The molecule has 0 bridgehead atoms. The van der Waals surface area contributed by atoms with Crippen molar-refractivity contribution in [2.75, 3.05) is 5.32 Å². The van der Waals surface area contributed by atoms with Crippen LogP contribution in [0, 0.1) is 0 Å². The standard InChI is InChI=1S/C15H23NSi/c1-9-10(2)14(17)11-7-6-8-12(13(9)11)16-15(3,4)5/h6-8,14,16H,1-5,17H3. The Morgan fingerprint density at radius 1 is 1.18 bits per heavy atom. The second-order valence-electron chi connectivity index (χ2n) is 6.17. The number of benzene rings is 1. The van der Waals surface area contributed by atoms with Crippen molar-refractivity contribution >= 4 is 21.5 Å². The average molecular weight is 245 g/mol. The SMILES string of the molecule is CC1=C(C)C([SiH3])c2cccc(NC(C)(C)C)c21. The fraction of sp³-hybridized carbons (Fsp3) is 0.467. The minimum Gasteiger partial charge on any atom is -0.380 e. The van der Waals surface area contributed by atoms with Gasteiger partial charge in [0, 0.05) is 27.0 Å². The molecule has 0 aliphatic heterocycles. The Balaban J connectivity index is 2.53. The summed E-state index contributed by atoms with van der Waals surface area (Å²) in [5, 5.41) is 3.63. The van der Waals surface area contributed by atoms with Gasteiger partial charge in [-0.25, -0.2) is 0 Å². The maximum Gasteiger partial charge on any atom is 0.0423 e. The van der Waals surface area contributed by atoms with Gasteiger partial charge in [0.15, 0.2) is 0 Å². The van der Waals surface area contributed by atoms with Gasteiger partial charge >= 0.3 is 0 Å². The highest BCUT2D eigenvalue weighted by Crippen LogP contribution is 2.43. The molecule has 1 atom stereocenters. The molecule has 92 valence electrons. The van der Waals surface area contributed by atoms with Crippen LogP contribution in [0.25, 0.3) is 5.57 Å². The summed E-state index contributed by atoms with van der Waals surface area (Å²) < 4.78 is 0. The van der Waals surface area contributed by atoms with E-state index >= 15 is 0 Å². The number of rotatable bonds is 1. The third-order valence-electron chi connectivity index (χ3n) is 3.69. The van der Waals surface area contributed by atoms with Crippen LogP contribution in [0.4, 0.5) is 5.69 Å². The maximum absolute atomic E-state index is 3.63. The Morgan fingerprint density at radius 3 is 2.41 bits per heavy atom. The van der Waals surface area contributed by atoms with Crippen LogP contribution in [0.2, 0.25) is 0 Å². The van der Waals surface area contributed by atoms with Crippen LogP contribution in [0.3, 0.4) is 0 Å². The van der Waals surface area contributed by atoms with Gasteiger partial charge in [-0.15, -0.1) is 0 Å². The minimum absolute atomic E-state index is 0.118. The monoisotopic (exact) mass is 245 g/mol. The smallest absolute Gasteiger partial charge is 0.0423 e. The van der Waals surface area contributed by atoms with Gasteiger partial charge in [-0.1, -0.05) is 17.7 Å². The van der Waals surface area contributed by atoms with Crippen LogP contribution >= 0.6 is 0 Å². The van der Waals surface area contributed by atoms with Gasteiger partial charge in [0.2, 0.25) is 0 Å². The Morgan fingerprint density at radius 2 is 1.82 bits per heavy atom. The second kappa shape index (κ2) is 4.02. The molecule has 0 spiro atoms. The highest BCUT2D eigenvalue weighted by atomic mass is 28.1. The normalized spacial score (nSPS) is 19.7. The molecule has 0 saturated heterocycles. The van der Waals surface area contributed by atoms with Crippen molar-refractivity contribution in [3.8, 4) is 0 Å². The van der Waals surface area contributed by atoms with Crippen molar-refractivity contribution in [3.05, 3.63) is 34.9 Å². The molecule has 0 fully saturated rings. The van der Waals surface area contributed by atoms with Gasteiger partial charge in [-0.3, -0.25) is 0 Å². The molecule has 0 aromatic heterocycles. The van der Waals surface area contributed by atoms with E-state index in [0.29, 0.717) is 5.54 Å². The molecular formula is C15H23NSi. The summed E-state index contributed by atoms with van der Waals surface area (Å²) >= 11 is 0. The molecule has 1 aliphatic rings. The highest BCUT2D eigenvalue weighted by molar-refractivity contribution is 6.17. The fourth-order valence-electron chi connectivity index (χ4n) is 2.61. The molecule has 1 aromatic carbocycles. The fourth-order valence-corrected chi connectivity index (χ4v) is 3.53. The highest BCUT2D eigenvalue weighted by Gasteiger charge is 2.26. The third-order valence-corrected chi connectivity index (χ3v) is 5.18. The summed E-state index contributed by atoms with van der Waals surface area (Å²) in [6, 6.07) is 6.69. The summed E-state index contributed by atoms with van der Waals surface area (Å²) in [6.45, 7) is 11.2. The molecule has 1 aliphatic carbocycles. The molecule has 0 saturated carbocycles. The lowest BCUT2D eigenvalue weighted by molar-refractivity contribution is 0.634. The molecule has 1 unspecified atom stereocenters. The Labute approximate surface area is 108 Å². The van der Waals surface area contributed by atoms with Gasteiger partial charge in [0.05, 0.1) is 0 Å². The van der Waals surface area contributed by atoms with Gasteiger partial charge in [-0.05, 0) is 57.4 Å². The topological polar surface area (TPSA) is 12.0 Å². The van der Waals surface area contributed by atoms with Crippen molar-refractivity contribution in [2.24, 2.45) is 0 Å². The Kier molecular flexibility index (Phi) is 2.94. The van der Waals surface area contributed by atoms with E-state index in [1.54, 1.807) is 5.57 Å². The van der Waals surface area contributed by atoms with Gasteiger partial charge in [0.25, 0.3) is 0 Å². The van der Waals surface area contributed by atoms with Gasteiger partial charge < -0.3 is 5.32 Å². The largest absolute Gasteiger partial charge is 0.380 e. The zero-order valence-electron chi connectivity index (χ0n) is 11.8. The van der Waals surface area contributed by atoms with Crippen molar-refractivity contribution in [1.29, 1.82) is 0 Å². The van der Waals surface area contributed by atoms with E-state index in [4.69, 9.17) is 0 Å². The van der Waals surface area contributed by atoms with Crippen LogP contribution in [0.15, 0.2) is 23.8 Å². The van der Waals surface area contributed by atoms with Crippen molar-refractivity contribution in [3.63, 3.8) is 0 Å². The molecule has 1 aromatic rings. The number of nitrogens with one attached hydrogen (secondary N) is 1. The predicted octanol–water partition coefficient (Wildman–Crippen LogP) is 3.11. The van der Waals surface area contributed by atoms with E-state index in [1.807, 2.05) is 0 Å². The number of anilines is 1. The molecule has 1 N–H and O–H groups in total. The third kappa shape index (κ3) is 2.18. The second-order valence-corrected chi connectivity index (χ2v) is 7.33. The van der Waals surface area contributed by atoms with Gasteiger partial charge in [0.1, 0.15) is 0 Å². The molecule has 17 heavy (non-hydrogen) atoms. The first-order chi connectivity index (χ1) is 7.81. The summed E-state index contributed by atoms with van der Waals surface area (Å²) in [5.74, 6) is 0. The quantitative estimate of drug-likeness (QED) is 0.750. The molecule has 2 rings (SSSR count). The Hall–Kier alpha value is -1.02. The number of hydrogen-bond acceptors (Lipinski definition) is 1. The lowest BCUT2D eigenvalue weighted by Gasteiger charge is -2.24. The first-order valence-corrected chi connectivity index (χ1v) is 7.55. The number of fused-ring (bicyclic) bond motifs is 1. The van der Waals surface area contributed by atoms with E-state index < -0.39 is 0 Å². The molecule has 0 amide bonds. The van der Waals surface area contributed by atoms with Crippen LogP contribution in [0.5, 0.6) is 0 Å². The molecule has 0 heterocycles. The van der Waals surface area contributed by atoms with Crippen LogP contribution in [0.1, 0.15) is 51.3 Å². The summed E-state index contributed by atoms with van der Waals surface area (Å²) in [4.78, 5) is 0. The molecule has 1 nitrogen and oxygen atoms in total. The van der Waals surface area contributed by atoms with E-state index in [-0.39, 0.29) is 5.54 Å².